The summed E-state index contributed by atoms with van der Waals surface area (Å²) in [4.78, 5) is 22.5. The van der Waals surface area contributed by atoms with Gasteiger partial charge in [-0.1, -0.05) is 17.7 Å². The summed E-state index contributed by atoms with van der Waals surface area (Å²) in [6.45, 7) is 3.05. The van der Waals surface area contributed by atoms with E-state index in [1.165, 1.54) is 6.92 Å². The minimum atomic E-state index is -1.38. The fraction of sp³-hybridized carbons (Fsp3) is 0.333. The third-order valence-electron chi connectivity index (χ3n) is 2.48. The minimum absolute atomic E-state index is 0.450. The SMILES string of the molecule is Cc1ccc(Cl)cc1NC(=O)NC(C(=O)O)C(C)O. The summed E-state index contributed by atoms with van der Waals surface area (Å²) in [6, 6.07) is 2.85. The molecule has 1 aromatic carbocycles. The van der Waals surface area contributed by atoms with E-state index in [0.717, 1.165) is 5.56 Å². The molecule has 6 nitrogen and oxygen atoms in total. The van der Waals surface area contributed by atoms with Gasteiger partial charge < -0.3 is 20.8 Å². The summed E-state index contributed by atoms with van der Waals surface area (Å²) in [5.74, 6) is -1.31. The van der Waals surface area contributed by atoms with Crippen LogP contribution >= 0.6 is 11.6 Å². The minimum Gasteiger partial charge on any atom is -0.480 e. The molecule has 19 heavy (non-hydrogen) atoms. The van der Waals surface area contributed by atoms with Crippen LogP contribution in [0.25, 0.3) is 0 Å². The molecule has 7 heteroatoms. The largest absolute Gasteiger partial charge is 0.480 e. The maximum atomic E-state index is 11.7. The molecular weight excluding hydrogens is 272 g/mol. The van der Waals surface area contributed by atoms with Gasteiger partial charge in [-0.25, -0.2) is 9.59 Å². The highest BCUT2D eigenvalue weighted by molar-refractivity contribution is 6.31. The maximum Gasteiger partial charge on any atom is 0.328 e. The predicted molar refractivity (Wildman–Crippen MR) is 71.4 cm³/mol. The summed E-state index contributed by atoms with van der Waals surface area (Å²) in [6.07, 6.45) is -1.20. The van der Waals surface area contributed by atoms with Gasteiger partial charge in [0.05, 0.1) is 6.10 Å². The first-order valence-electron chi connectivity index (χ1n) is 5.56. The van der Waals surface area contributed by atoms with Crippen molar-refractivity contribution in [3.63, 3.8) is 0 Å². The van der Waals surface area contributed by atoms with Gasteiger partial charge >= 0.3 is 12.0 Å². The number of hydrogen-bond acceptors (Lipinski definition) is 3. The molecule has 0 aliphatic rings. The highest BCUT2D eigenvalue weighted by Crippen LogP contribution is 2.19. The Kier molecular flexibility index (Phi) is 5.14. The lowest BCUT2D eigenvalue weighted by Crippen LogP contribution is -2.49. The van der Waals surface area contributed by atoms with Crippen LogP contribution in [0.4, 0.5) is 10.5 Å². The van der Waals surface area contributed by atoms with Crippen molar-refractivity contribution in [2.75, 3.05) is 5.32 Å². The highest BCUT2D eigenvalue weighted by Gasteiger charge is 2.25. The van der Waals surface area contributed by atoms with Crippen molar-refractivity contribution in [3.8, 4) is 0 Å². The molecule has 2 unspecified atom stereocenters. The van der Waals surface area contributed by atoms with Crippen molar-refractivity contribution in [3.05, 3.63) is 28.8 Å². The standard InChI is InChI=1S/C12H15ClN2O4/c1-6-3-4-8(13)5-9(6)14-12(19)15-10(7(2)16)11(17)18/h3-5,7,10,16H,1-2H3,(H,17,18)(H2,14,15,19). The van der Waals surface area contributed by atoms with Crippen molar-refractivity contribution in [2.45, 2.75) is 26.0 Å². The number of carbonyl (C=O) groups excluding carboxylic acids is 1. The van der Waals surface area contributed by atoms with Crippen LogP contribution in [0.1, 0.15) is 12.5 Å². The number of carboxylic acids is 1. The van der Waals surface area contributed by atoms with Gasteiger partial charge in [0.25, 0.3) is 0 Å². The monoisotopic (exact) mass is 286 g/mol. The number of amides is 2. The lowest BCUT2D eigenvalue weighted by atomic mass is 10.2. The number of aliphatic hydroxyl groups excluding tert-OH is 1. The second-order valence-corrected chi connectivity index (χ2v) is 4.55. The second-order valence-electron chi connectivity index (χ2n) is 4.11. The first kappa shape index (κ1) is 15.3. The Morgan fingerprint density at radius 2 is 2.00 bits per heavy atom. The molecular formula is C12H15ClN2O4. The van der Waals surface area contributed by atoms with Gasteiger partial charge in [-0.05, 0) is 31.5 Å². The van der Waals surface area contributed by atoms with Crippen LogP contribution in [0.3, 0.4) is 0 Å². The highest BCUT2D eigenvalue weighted by atomic mass is 35.5. The molecule has 1 aromatic rings. The molecule has 0 aliphatic heterocycles. The smallest absolute Gasteiger partial charge is 0.328 e. The van der Waals surface area contributed by atoms with Crippen molar-refractivity contribution in [2.24, 2.45) is 0 Å². The predicted octanol–water partition coefficient (Wildman–Crippen LogP) is 1.60. The van der Waals surface area contributed by atoms with E-state index >= 15 is 0 Å². The quantitative estimate of drug-likeness (QED) is 0.676. The number of anilines is 1. The van der Waals surface area contributed by atoms with E-state index in [9.17, 15) is 14.7 Å². The molecule has 0 aliphatic carbocycles. The lowest BCUT2D eigenvalue weighted by Gasteiger charge is -2.18. The number of halogens is 1. The second kappa shape index (κ2) is 6.40. The van der Waals surface area contributed by atoms with Crippen LogP contribution in [0.2, 0.25) is 5.02 Å². The van der Waals surface area contributed by atoms with Gasteiger partial charge in [0.1, 0.15) is 0 Å². The van der Waals surface area contributed by atoms with Gasteiger partial charge in [0.2, 0.25) is 0 Å². The molecule has 104 valence electrons. The Labute approximate surface area is 115 Å². The van der Waals surface area contributed by atoms with E-state index in [0.29, 0.717) is 10.7 Å². The first-order chi connectivity index (χ1) is 8.81. The Bertz CT molecular complexity index is 491. The number of urea groups is 1. The molecule has 0 aromatic heterocycles. The first-order valence-corrected chi connectivity index (χ1v) is 5.93. The van der Waals surface area contributed by atoms with E-state index in [-0.39, 0.29) is 0 Å². The van der Waals surface area contributed by atoms with Gasteiger partial charge in [-0.3, -0.25) is 0 Å². The topological polar surface area (TPSA) is 98.7 Å². The summed E-state index contributed by atoms with van der Waals surface area (Å²) < 4.78 is 0. The third-order valence-corrected chi connectivity index (χ3v) is 2.72. The summed E-state index contributed by atoms with van der Waals surface area (Å²) in [5, 5.41) is 23.2. The zero-order chi connectivity index (χ0) is 14.6. The van der Waals surface area contributed by atoms with Crippen molar-refractivity contribution in [1.82, 2.24) is 5.32 Å². The summed E-state index contributed by atoms with van der Waals surface area (Å²) in [5.41, 5.74) is 1.25. The number of aryl methyl sites for hydroxylation is 1. The van der Waals surface area contributed by atoms with Crippen molar-refractivity contribution >= 4 is 29.3 Å². The summed E-state index contributed by atoms with van der Waals surface area (Å²) in [7, 11) is 0. The van der Waals surface area contributed by atoms with Gasteiger partial charge in [-0.2, -0.15) is 0 Å². The molecule has 0 radical (unpaired) electrons. The molecule has 0 saturated heterocycles. The Morgan fingerprint density at radius 3 is 2.53 bits per heavy atom. The fourth-order valence-corrected chi connectivity index (χ4v) is 1.59. The number of aliphatic carboxylic acids is 1. The van der Waals surface area contributed by atoms with Gasteiger partial charge in [0.15, 0.2) is 6.04 Å². The van der Waals surface area contributed by atoms with E-state index in [4.69, 9.17) is 16.7 Å². The molecule has 1 rings (SSSR count). The number of rotatable bonds is 4. The van der Waals surface area contributed by atoms with Crippen LogP contribution in [0.5, 0.6) is 0 Å². The molecule has 0 bridgehead atoms. The molecule has 0 spiro atoms. The Morgan fingerprint density at radius 1 is 1.37 bits per heavy atom. The van der Waals surface area contributed by atoms with E-state index in [2.05, 4.69) is 10.6 Å². The summed E-state index contributed by atoms with van der Waals surface area (Å²) >= 11 is 5.80. The molecule has 2 atom stereocenters. The average Bonchev–Trinajstić information content (AvgIpc) is 2.30. The molecule has 2 amide bonds. The van der Waals surface area contributed by atoms with Gasteiger partial charge in [0, 0.05) is 10.7 Å². The van der Waals surface area contributed by atoms with Crippen molar-refractivity contribution in [1.29, 1.82) is 0 Å². The number of hydrogen-bond donors (Lipinski definition) is 4. The normalized spacial score (nSPS) is 13.5. The van der Waals surface area contributed by atoms with Crippen LogP contribution < -0.4 is 10.6 Å². The fourth-order valence-electron chi connectivity index (χ4n) is 1.42. The van der Waals surface area contributed by atoms with Gasteiger partial charge in [-0.15, -0.1) is 0 Å². The van der Waals surface area contributed by atoms with Crippen molar-refractivity contribution < 1.29 is 19.8 Å². The average molecular weight is 287 g/mol. The Hall–Kier alpha value is -1.79. The maximum absolute atomic E-state index is 11.7. The lowest BCUT2D eigenvalue weighted by molar-refractivity contribution is -0.141. The molecule has 0 fully saturated rings. The van der Waals surface area contributed by atoms with Crippen LogP contribution in [-0.2, 0) is 4.79 Å². The third kappa shape index (κ3) is 4.42. The molecule has 0 saturated carbocycles. The molecule has 4 N–H and O–H groups in total. The van der Waals surface area contributed by atoms with E-state index in [1.807, 2.05) is 0 Å². The zero-order valence-electron chi connectivity index (χ0n) is 10.5. The van der Waals surface area contributed by atoms with Crippen LogP contribution in [0, 0.1) is 6.92 Å². The van der Waals surface area contributed by atoms with E-state index in [1.54, 1.807) is 25.1 Å². The van der Waals surface area contributed by atoms with Crippen LogP contribution in [-0.4, -0.2) is 34.4 Å². The zero-order valence-corrected chi connectivity index (χ0v) is 11.2. The number of nitrogens with one attached hydrogen (secondary N) is 2. The number of carbonyl (C=O) groups is 2. The van der Waals surface area contributed by atoms with E-state index < -0.39 is 24.1 Å². The number of aliphatic hydroxyl groups is 1. The molecule has 0 heterocycles. The number of carboxylic acid groups (broad SMARTS) is 1. The van der Waals surface area contributed by atoms with Crippen LogP contribution in [0.15, 0.2) is 18.2 Å². The Balaban J connectivity index is 2.74. The number of benzene rings is 1.